The molecule has 0 aromatic carbocycles. The predicted octanol–water partition coefficient (Wildman–Crippen LogP) is -1.27. The molecule has 2 N–H and O–H groups in total. The van der Waals surface area contributed by atoms with E-state index in [2.05, 4.69) is 15.6 Å². The molecule has 0 aromatic heterocycles. The number of nitrogens with zero attached hydrogens (tertiary/aromatic N) is 2. The van der Waals surface area contributed by atoms with Gasteiger partial charge in [0.25, 0.3) is 0 Å². The highest BCUT2D eigenvalue weighted by Crippen LogP contribution is 1.91. The van der Waals surface area contributed by atoms with E-state index in [-0.39, 0.29) is 12.5 Å². The van der Waals surface area contributed by atoms with Crippen molar-refractivity contribution in [3.63, 3.8) is 0 Å². The second-order valence-corrected chi connectivity index (χ2v) is 3.86. The summed E-state index contributed by atoms with van der Waals surface area (Å²) in [5, 5.41) is 6.53. The Kier molecular flexibility index (Phi) is 7.53. The molecule has 0 radical (unpaired) electrons. The van der Waals surface area contributed by atoms with Crippen LogP contribution < -0.4 is 10.6 Å². The third-order valence-corrected chi connectivity index (χ3v) is 2.52. The number of amides is 1. The molecule has 0 unspecified atom stereocenters. The molecule has 1 amide bonds. The number of carbonyl (C=O) groups is 1. The number of nitrogens with one attached hydrogen (secondary N) is 2. The minimum atomic E-state index is 0.0275. The number of aliphatic imine (C=N–C) groups is 1. The van der Waals surface area contributed by atoms with Gasteiger partial charge in [0.1, 0.15) is 6.61 Å². The van der Waals surface area contributed by atoms with Crippen molar-refractivity contribution in [3.8, 4) is 0 Å². The molecule has 6 heteroatoms. The molecule has 0 saturated carbocycles. The SMILES string of the molecule is COCC(=O)N1CCN=CCNCCNCC1. The molecule has 0 aromatic rings. The van der Waals surface area contributed by atoms with E-state index in [9.17, 15) is 4.79 Å². The van der Waals surface area contributed by atoms with E-state index in [4.69, 9.17) is 4.74 Å². The molecular weight excluding hydrogens is 220 g/mol. The molecule has 0 fully saturated rings. The number of hydrogen-bond donors (Lipinski definition) is 2. The lowest BCUT2D eigenvalue weighted by Gasteiger charge is -2.22. The first-order valence-corrected chi connectivity index (χ1v) is 6.01. The standard InChI is InChI=1S/C11H22N4O2/c1-17-10-11(16)15-8-6-13-4-2-12-3-5-14-7-9-15/h4,12,14H,2-3,5-10H2,1H3. The zero-order valence-electron chi connectivity index (χ0n) is 10.4. The summed E-state index contributed by atoms with van der Waals surface area (Å²) in [6, 6.07) is 0. The van der Waals surface area contributed by atoms with Gasteiger partial charge in [-0.15, -0.1) is 0 Å². The van der Waals surface area contributed by atoms with E-state index >= 15 is 0 Å². The lowest BCUT2D eigenvalue weighted by atomic mass is 10.4. The first kappa shape index (κ1) is 14.1. The Hall–Kier alpha value is -0.980. The highest BCUT2D eigenvalue weighted by atomic mass is 16.5. The lowest BCUT2D eigenvalue weighted by Crippen LogP contribution is -2.41. The van der Waals surface area contributed by atoms with Crippen LogP contribution in [0.25, 0.3) is 0 Å². The van der Waals surface area contributed by atoms with Crippen LogP contribution in [-0.4, -0.2) is 76.6 Å². The maximum Gasteiger partial charge on any atom is 0.248 e. The molecule has 0 saturated heterocycles. The van der Waals surface area contributed by atoms with Crippen molar-refractivity contribution < 1.29 is 9.53 Å². The van der Waals surface area contributed by atoms with E-state index in [1.54, 1.807) is 4.90 Å². The van der Waals surface area contributed by atoms with Gasteiger partial charge < -0.3 is 20.3 Å². The van der Waals surface area contributed by atoms with Crippen LogP contribution in [0.5, 0.6) is 0 Å². The summed E-state index contributed by atoms with van der Waals surface area (Å²) in [6.45, 7) is 5.56. The Bertz CT molecular complexity index is 246. The van der Waals surface area contributed by atoms with Gasteiger partial charge in [-0.1, -0.05) is 0 Å². The molecule has 6 nitrogen and oxygen atoms in total. The number of hydrogen-bond acceptors (Lipinski definition) is 5. The molecule has 0 spiro atoms. The third kappa shape index (κ3) is 6.35. The summed E-state index contributed by atoms with van der Waals surface area (Å²) in [5.74, 6) is 0.0275. The van der Waals surface area contributed by atoms with E-state index in [0.29, 0.717) is 19.6 Å². The fraction of sp³-hybridized carbons (Fsp3) is 0.818. The van der Waals surface area contributed by atoms with Crippen molar-refractivity contribution in [3.05, 3.63) is 0 Å². The minimum Gasteiger partial charge on any atom is -0.375 e. The molecule has 98 valence electrons. The highest BCUT2D eigenvalue weighted by molar-refractivity contribution is 5.77. The van der Waals surface area contributed by atoms with Gasteiger partial charge in [0, 0.05) is 52.6 Å². The predicted molar refractivity (Wildman–Crippen MR) is 67.6 cm³/mol. The van der Waals surface area contributed by atoms with Crippen molar-refractivity contribution in [2.75, 3.05) is 59.5 Å². The Morgan fingerprint density at radius 2 is 2.18 bits per heavy atom. The van der Waals surface area contributed by atoms with Crippen LogP contribution in [0.15, 0.2) is 4.99 Å². The minimum absolute atomic E-state index is 0.0275. The third-order valence-electron chi connectivity index (χ3n) is 2.52. The molecule has 0 bridgehead atoms. The van der Waals surface area contributed by atoms with Crippen LogP contribution in [0, 0.1) is 0 Å². The first-order valence-electron chi connectivity index (χ1n) is 6.01. The van der Waals surface area contributed by atoms with Crippen molar-refractivity contribution in [1.29, 1.82) is 0 Å². The average molecular weight is 242 g/mol. The van der Waals surface area contributed by atoms with Crippen molar-refractivity contribution >= 4 is 12.1 Å². The largest absolute Gasteiger partial charge is 0.375 e. The van der Waals surface area contributed by atoms with Gasteiger partial charge in [0.05, 0.1) is 6.54 Å². The normalized spacial score (nSPS) is 19.5. The summed E-state index contributed by atoms with van der Waals surface area (Å²) >= 11 is 0. The monoisotopic (exact) mass is 242 g/mol. The fourth-order valence-electron chi connectivity index (χ4n) is 1.59. The topological polar surface area (TPSA) is 66.0 Å². The summed E-state index contributed by atoms with van der Waals surface area (Å²) in [5.41, 5.74) is 0. The average Bonchev–Trinajstić information content (AvgIpc) is 2.30. The van der Waals surface area contributed by atoms with E-state index in [0.717, 1.165) is 26.2 Å². The summed E-state index contributed by atoms with van der Waals surface area (Å²) in [7, 11) is 1.54. The van der Waals surface area contributed by atoms with Crippen LogP contribution in [0.2, 0.25) is 0 Å². The molecule has 0 aliphatic carbocycles. The summed E-state index contributed by atoms with van der Waals surface area (Å²) in [6.07, 6.45) is 1.86. The van der Waals surface area contributed by atoms with Crippen molar-refractivity contribution in [2.24, 2.45) is 4.99 Å². The molecule has 1 aliphatic rings. The smallest absolute Gasteiger partial charge is 0.248 e. The van der Waals surface area contributed by atoms with E-state index < -0.39 is 0 Å². The van der Waals surface area contributed by atoms with Gasteiger partial charge in [-0.2, -0.15) is 0 Å². The number of rotatable bonds is 2. The quantitative estimate of drug-likeness (QED) is 0.633. The Balaban J connectivity index is 2.42. The molecular formula is C11H22N4O2. The Labute approximate surface area is 102 Å². The van der Waals surface area contributed by atoms with Crippen LogP contribution in [0.4, 0.5) is 0 Å². The van der Waals surface area contributed by atoms with E-state index in [1.165, 1.54) is 7.11 Å². The fourth-order valence-corrected chi connectivity index (χ4v) is 1.59. The number of ether oxygens (including phenoxy) is 1. The van der Waals surface area contributed by atoms with Gasteiger partial charge in [-0.25, -0.2) is 0 Å². The maximum atomic E-state index is 11.7. The highest BCUT2D eigenvalue weighted by Gasteiger charge is 2.11. The zero-order valence-corrected chi connectivity index (χ0v) is 10.4. The van der Waals surface area contributed by atoms with Gasteiger partial charge in [-0.3, -0.25) is 9.79 Å². The number of methoxy groups -OCH3 is 1. The van der Waals surface area contributed by atoms with Crippen LogP contribution in [0.3, 0.4) is 0 Å². The molecule has 0 atom stereocenters. The zero-order chi connectivity index (χ0) is 12.3. The molecule has 17 heavy (non-hydrogen) atoms. The Morgan fingerprint density at radius 1 is 1.35 bits per heavy atom. The van der Waals surface area contributed by atoms with Gasteiger partial charge >= 0.3 is 0 Å². The van der Waals surface area contributed by atoms with Crippen molar-refractivity contribution in [1.82, 2.24) is 15.5 Å². The molecule has 1 heterocycles. The summed E-state index contributed by atoms with van der Waals surface area (Å²) < 4.78 is 4.87. The van der Waals surface area contributed by atoms with Gasteiger partial charge in [0.15, 0.2) is 0 Å². The van der Waals surface area contributed by atoms with Gasteiger partial charge in [0.2, 0.25) is 5.91 Å². The van der Waals surface area contributed by atoms with Crippen molar-refractivity contribution in [2.45, 2.75) is 0 Å². The lowest BCUT2D eigenvalue weighted by molar-refractivity contribution is -0.135. The van der Waals surface area contributed by atoms with E-state index in [1.807, 2.05) is 6.21 Å². The van der Waals surface area contributed by atoms with Crippen LogP contribution >= 0.6 is 0 Å². The van der Waals surface area contributed by atoms with Crippen LogP contribution in [-0.2, 0) is 9.53 Å². The summed E-state index contributed by atoms with van der Waals surface area (Å²) in [4.78, 5) is 17.8. The molecule has 1 aliphatic heterocycles. The maximum absolute atomic E-state index is 11.7. The first-order chi connectivity index (χ1) is 8.34. The second kappa shape index (κ2) is 9.09. The Morgan fingerprint density at radius 3 is 3.00 bits per heavy atom. The number of carbonyl (C=O) groups excluding carboxylic acids is 1. The molecule has 1 rings (SSSR count). The van der Waals surface area contributed by atoms with Gasteiger partial charge in [-0.05, 0) is 0 Å². The van der Waals surface area contributed by atoms with Crippen LogP contribution in [0.1, 0.15) is 0 Å². The second-order valence-electron chi connectivity index (χ2n) is 3.86.